The molecule has 1 aliphatic carbocycles. The Labute approximate surface area is 163 Å². The molecule has 0 unspecified atom stereocenters. The van der Waals surface area contributed by atoms with Crippen LogP contribution in [-0.2, 0) is 28.7 Å². The molecule has 8 heteroatoms. The quantitative estimate of drug-likeness (QED) is 0.382. The molecule has 154 valence electrons. The number of ether oxygens (including phenoxy) is 2. The normalized spacial score (nSPS) is 32.5. The molecule has 8 nitrogen and oxygen atoms in total. The molecule has 2 fully saturated rings. The molecule has 0 aromatic rings. The van der Waals surface area contributed by atoms with Crippen molar-refractivity contribution in [3.63, 3.8) is 0 Å². The minimum absolute atomic E-state index is 0.320. The van der Waals surface area contributed by atoms with Gasteiger partial charge in [0.2, 0.25) is 0 Å². The average molecular weight is 394 g/mol. The number of rotatable bonds is 7. The number of esters is 2. The number of aliphatic carboxylic acids is 2. The summed E-state index contributed by atoms with van der Waals surface area (Å²) in [4.78, 5) is 47.8. The third-order valence-corrected chi connectivity index (χ3v) is 5.96. The van der Waals surface area contributed by atoms with Crippen molar-refractivity contribution in [2.24, 2.45) is 23.2 Å². The van der Waals surface area contributed by atoms with E-state index in [1.807, 2.05) is 0 Å². The van der Waals surface area contributed by atoms with E-state index in [9.17, 15) is 24.3 Å². The third-order valence-electron chi connectivity index (χ3n) is 5.96. The summed E-state index contributed by atoms with van der Waals surface area (Å²) in [6, 6.07) is 0. The molecule has 2 aliphatic rings. The topological polar surface area (TPSA) is 127 Å². The molecule has 0 spiro atoms. The molecule has 0 radical (unpaired) electrons. The second kappa shape index (κ2) is 8.16. The molecule has 0 aromatic carbocycles. The molecule has 0 amide bonds. The van der Waals surface area contributed by atoms with Gasteiger partial charge in [0, 0.05) is 18.4 Å². The second-order valence-electron chi connectivity index (χ2n) is 7.67. The molecule has 5 atom stereocenters. The maximum absolute atomic E-state index is 13.0. The van der Waals surface area contributed by atoms with Gasteiger partial charge in [0.1, 0.15) is 6.10 Å². The van der Waals surface area contributed by atoms with Gasteiger partial charge < -0.3 is 19.7 Å². The highest BCUT2D eigenvalue weighted by molar-refractivity contribution is 5.87. The van der Waals surface area contributed by atoms with Gasteiger partial charge in [-0.05, 0) is 25.7 Å². The maximum Gasteiger partial charge on any atom is 0.328 e. The van der Waals surface area contributed by atoms with Gasteiger partial charge in [0.15, 0.2) is 0 Å². The van der Waals surface area contributed by atoms with E-state index >= 15 is 0 Å². The fraction of sp³-hybridized carbons (Fsp3) is 0.600. The van der Waals surface area contributed by atoms with Crippen LogP contribution in [0.25, 0.3) is 0 Å². The van der Waals surface area contributed by atoms with Crippen LogP contribution in [0.1, 0.15) is 39.5 Å². The minimum atomic E-state index is -1.50. The first-order chi connectivity index (χ1) is 13.0. The van der Waals surface area contributed by atoms with Crippen molar-refractivity contribution in [1.82, 2.24) is 0 Å². The number of allylic oxidation sites excluding steroid dienone is 1. The largest absolute Gasteiger partial charge is 0.481 e. The van der Waals surface area contributed by atoms with E-state index in [0.29, 0.717) is 30.4 Å². The number of carbonyl (C=O) groups is 4. The van der Waals surface area contributed by atoms with Crippen LogP contribution in [-0.4, -0.2) is 47.3 Å². The summed E-state index contributed by atoms with van der Waals surface area (Å²) in [5.74, 6) is -5.32. The number of carboxylic acid groups (broad SMARTS) is 2. The fourth-order valence-corrected chi connectivity index (χ4v) is 4.89. The molecule has 28 heavy (non-hydrogen) atoms. The van der Waals surface area contributed by atoms with Crippen LogP contribution < -0.4 is 0 Å². The number of hydrogen-bond acceptors (Lipinski definition) is 6. The van der Waals surface area contributed by atoms with E-state index in [1.54, 1.807) is 13.8 Å². The molecule has 1 saturated heterocycles. The van der Waals surface area contributed by atoms with Crippen LogP contribution >= 0.6 is 0 Å². The molecule has 1 heterocycles. The van der Waals surface area contributed by atoms with Gasteiger partial charge in [-0.1, -0.05) is 24.6 Å². The first-order valence-electron chi connectivity index (χ1n) is 9.13. The van der Waals surface area contributed by atoms with Crippen molar-refractivity contribution in [2.75, 3.05) is 7.11 Å². The Kier molecular flexibility index (Phi) is 6.31. The molecule has 1 saturated carbocycles. The molecular weight excluding hydrogens is 368 g/mol. The lowest BCUT2D eigenvalue weighted by Gasteiger charge is -2.49. The highest BCUT2D eigenvalue weighted by atomic mass is 16.6. The highest BCUT2D eigenvalue weighted by Crippen LogP contribution is 2.58. The minimum Gasteiger partial charge on any atom is -0.481 e. The Balaban J connectivity index is 2.53. The van der Waals surface area contributed by atoms with Gasteiger partial charge in [0.25, 0.3) is 0 Å². The number of methoxy groups -OCH3 is 1. The zero-order valence-corrected chi connectivity index (χ0v) is 16.3. The number of carboxylic acids is 2. The van der Waals surface area contributed by atoms with Gasteiger partial charge in [-0.15, -0.1) is 0 Å². The van der Waals surface area contributed by atoms with Crippen LogP contribution in [0.2, 0.25) is 0 Å². The van der Waals surface area contributed by atoms with E-state index < -0.39 is 59.6 Å². The van der Waals surface area contributed by atoms with Crippen molar-refractivity contribution < 1.29 is 38.9 Å². The summed E-state index contributed by atoms with van der Waals surface area (Å²) in [6.07, 6.45) is 0.936. The van der Waals surface area contributed by atoms with E-state index in [4.69, 9.17) is 14.6 Å². The Bertz CT molecular complexity index is 736. The fourth-order valence-electron chi connectivity index (χ4n) is 4.89. The van der Waals surface area contributed by atoms with Gasteiger partial charge >= 0.3 is 23.9 Å². The van der Waals surface area contributed by atoms with Crippen molar-refractivity contribution in [3.05, 3.63) is 23.8 Å². The molecule has 2 rings (SSSR count). The van der Waals surface area contributed by atoms with E-state index in [-0.39, 0.29) is 0 Å². The van der Waals surface area contributed by atoms with Crippen LogP contribution in [0.15, 0.2) is 23.8 Å². The van der Waals surface area contributed by atoms with Gasteiger partial charge in [-0.2, -0.15) is 0 Å². The van der Waals surface area contributed by atoms with E-state index in [2.05, 4.69) is 6.58 Å². The average Bonchev–Trinajstić information content (AvgIpc) is 2.86. The smallest absolute Gasteiger partial charge is 0.328 e. The number of hydrogen-bond donors (Lipinski definition) is 2. The maximum atomic E-state index is 13.0. The zero-order valence-electron chi connectivity index (χ0n) is 16.3. The Morgan fingerprint density at radius 2 is 2.00 bits per heavy atom. The standard InChI is InChI=1S/C20H26O8/c1-10(7-15(21)22)5-6-13-11(2)8-14-17(12(3)18(25)28-14)20(13,9-16(23)24)19(26)27-4/h7,12-14,17H,2,5-6,8-9H2,1,3-4H3,(H,21,22)(H,23,24)/b10-7+/t12-,13+,14+,17+,20-/m1/s1. The lowest BCUT2D eigenvalue weighted by molar-refractivity contribution is -0.173. The van der Waals surface area contributed by atoms with Gasteiger partial charge in [0.05, 0.1) is 24.9 Å². The Morgan fingerprint density at radius 3 is 2.54 bits per heavy atom. The zero-order chi connectivity index (χ0) is 21.2. The van der Waals surface area contributed by atoms with Crippen molar-refractivity contribution in [2.45, 2.75) is 45.6 Å². The summed E-state index contributed by atoms with van der Waals surface area (Å²) in [5.41, 5.74) is -0.309. The van der Waals surface area contributed by atoms with Crippen LogP contribution in [0.3, 0.4) is 0 Å². The molecule has 2 N–H and O–H groups in total. The highest BCUT2D eigenvalue weighted by Gasteiger charge is 2.65. The molecule has 0 aromatic heterocycles. The van der Waals surface area contributed by atoms with Crippen molar-refractivity contribution in [3.8, 4) is 0 Å². The first-order valence-corrected chi connectivity index (χ1v) is 9.13. The summed E-state index contributed by atoms with van der Waals surface area (Å²) in [5, 5.41) is 18.5. The van der Waals surface area contributed by atoms with Crippen LogP contribution in [0.5, 0.6) is 0 Å². The number of fused-ring (bicyclic) bond motifs is 1. The van der Waals surface area contributed by atoms with Crippen LogP contribution in [0, 0.1) is 23.2 Å². The monoisotopic (exact) mass is 394 g/mol. The van der Waals surface area contributed by atoms with Gasteiger partial charge in [-0.3, -0.25) is 14.4 Å². The molecular formula is C20H26O8. The predicted octanol–water partition coefficient (Wildman–Crippen LogP) is 2.19. The summed E-state index contributed by atoms with van der Waals surface area (Å²) >= 11 is 0. The van der Waals surface area contributed by atoms with Crippen LogP contribution in [0.4, 0.5) is 0 Å². The lowest BCUT2D eigenvalue weighted by Crippen LogP contribution is -2.55. The number of carbonyl (C=O) groups excluding carboxylic acids is 2. The second-order valence-corrected chi connectivity index (χ2v) is 7.67. The first kappa shape index (κ1) is 21.7. The van der Waals surface area contributed by atoms with Crippen molar-refractivity contribution >= 4 is 23.9 Å². The van der Waals surface area contributed by atoms with E-state index in [1.165, 1.54) is 7.11 Å². The predicted molar refractivity (Wildman–Crippen MR) is 97.1 cm³/mol. The summed E-state index contributed by atoms with van der Waals surface area (Å²) in [6.45, 7) is 7.33. The van der Waals surface area contributed by atoms with Crippen molar-refractivity contribution in [1.29, 1.82) is 0 Å². The molecule has 1 aliphatic heterocycles. The van der Waals surface area contributed by atoms with Gasteiger partial charge in [-0.25, -0.2) is 4.79 Å². The third kappa shape index (κ3) is 3.81. The molecule has 0 bridgehead atoms. The Hall–Kier alpha value is -2.64. The lowest BCUT2D eigenvalue weighted by atomic mass is 9.53. The van der Waals surface area contributed by atoms with E-state index in [0.717, 1.165) is 6.08 Å². The summed E-state index contributed by atoms with van der Waals surface area (Å²) < 4.78 is 10.4. The Morgan fingerprint density at radius 1 is 1.36 bits per heavy atom. The summed E-state index contributed by atoms with van der Waals surface area (Å²) in [7, 11) is 1.19. The SMILES string of the molecule is C=C1C[C@@H]2OC(=O)[C@H](C)[C@@H]2[C@](CC(=O)O)(C(=O)OC)[C@H]1CC/C(C)=C/C(=O)O.